The highest BCUT2D eigenvalue weighted by atomic mass is 16.6. The van der Waals surface area contributed by atoms with E-state index in [0.717, 1.165) is 18.6 Å². The van der Waals surface area contributed by atoms with Gasteiger partial charge in [-0.25, -0.2) is 0 Å². The summed E-state index contributed by atoms with van der Waals surface area (Å²) in [7, 11) is 0. The van der Waals surface area contributed by atoms with Gasteiger partial charge in [-0.15, -0.1) is 0 Å². The quantitative estimate of drug-likeness (QED) is 0.491. The molecule has 0 aromatic rings. The number of nitrogens with zero attached hydrogens (tertiary/aromatic N) is 1. The van der Waals surface area contributed by atoms with Gasteiger partial charge in [-0.2, -0.15) is 0 Å². The number of rotatable bonds is 13. The molecule has 0 radical (unpaired) electrons. The predicted octanol–water partition coefficient (Wildman–Crippen LogP) is 4.92. The molecular weight excluding hydrogens is 266 g/mol. The Hall–Kier alpha value is -1.06. The molecule has 0 bridgehead atoms. The lowest BCUT2D eigenvalue weighted by atomic mass is 10.0. The number of carboxylic acids is 1. The standard InChI is InChI=1S/C17H31NO3/c1-2-3-4-5-6-7-8-9-10-11-16-14-15(18-21-16)12-13-17(19)20/h16H,2-14H2,1H3,(H,19,20). The lowest BCUT2D eigenvalue weighted by molar-refractivity contribution is -0.136. The summed E-state index contributed by atoms with van der Waals surface area (Å²) in [5.74, 6) is -0.764. The van der Waals surface area contributed by atoms with Crippen molar-refractivity contribution in [3.8, 4) is 0 Å². The average molecular weight is 297 g/mol. The first-order valence-corrected chi connectivity index (χ1v) is 8.65. The third kappa shape index (κ3) is 9.48. The summed E-state index contributed by atoms with van der Waals surface area (Å²) in [6.45, 7) is 2.25. The maximum Gasteiger partial charge on any atom is 0.303 e. The van der Waals surface area contributed by atoms with Gasteiger partial charge in [0.05, 0.1) is 12.1 Å². The van der Waals surface area contributed by atoms with Gasteiger partial charge in [0.15, 0.2) is 0 Å². The fourth-order valence-corrected chi connectivity index (χ4v) is 2.72. The van der Waals surface area contributed by atoms with Crippen LogP contribution in [0, 0.1) is 0 Å². The van der Waals surface area contributed by atoms with E-state index in [1.807, 2.05) is 0 Å². The number of oxime groups is 1. The number of carboxylic acid groups (broad SMARTS) is 1. The van der Waals surface area contributed by atoms with Crippen LogP contribution in [0.25, 0.3) is 0 Å². The van der Waals surface area contributed by atoms with Gasteiger partial charge >= 0.3 is 5.97 Å². The minimum atomic E-state index is -0.764. The summed E-state index contributed by atoms with van der Waals surface area (Å²) in [5.41, 5.74) is 0.915. The first kappa shape index (κ1) is 18.0. The summed E-state index contributed by atoms with van der Waals surface area (Å²) in [4.78, 5) is 15.9. The van der Waals surface area contributed by atoms with Crippen LogP contribution in [0.2, 0.25) is 0 Å². The normalized spacial score (nSPS) is 17.6. The van der Waals surface area contributed by atoms with Crippen molar-refractivity contribution in [2.45, 2.75) is 96.5 Å². The van der Waals surface area contributed by atoms with Crippen LogP contribution in [0.15, 0.2) is 5.16 Å². The Labute approximate surface area is 128 Å². The Bertz CT molecular complexity index is 315. The zero-order valence-corrected chi connectivity index (χ0v) is 13.5. The van der Waals surface area contributed by atoms with Crippen molar-refractivity contribution in [1.82, 2.24) is 0 Å². The van der Waals surface area contributed by atoms with Crippen LogP contribution in [-0.4, -0.2) is 22.9 Å². The van der Waals surface area contributed by atoms with E-state index in [1.54, 1.807) is 0 Å². The van der Waals surface area contributed by atoms with Crippen LogP contribution in [0.3, 0.4) is 0 Å². The molecule has 1 aliphatic rings. The van der Waals surface area contributed by atoms with Gasteiger partial charge in [-0.05, 0) is 19.3 Å². The summed E-state index contributed by atoms with van der Waals surface area (Å²) in [6.07, 6.45) is 14.8. The van der Waals surface area contributed by atoms with E-state index < -0.39 is 5.97 Å². The highest BCUT2D eigenvalue weighted by Crippen LogP contribution is 2.20. The van der Waals surface area contributed by atoms with Crippen LogP contribution >= 0.6 is 0 Å². The molecule has 1 aliphatic heterocycles. The molecule has 0 spiro atoms. The van der Waals surface area contributed by atoms with Crippen molar-refractivity contribution < 1.29 is 14.7 Å². The zero-order chi connectivity index (χ0) is 15.3. The van der Waals surface area contributed by atoms with Gasteiger partial charge in [0, 0.05) is 6.42 Å². The summed E-state index contributed by atoms with van der Waals surface area (Å²) < 4.78 is 0. The first-order chi connectivity index (χ1) is 10.2. The SMILES string of the molecule is CCCCCCCCCCCC1CC(CCC(=O)O)=NO1. The number of aliphatic carboxylic acids is 1. The Morgan fingerprint density at radius 2 is 1.76 bits per heavy atom. The molecule has 1 rings (SSSR count). The second-order valence-corrected chi connectivity index (χ2v) is 6.10. The Morgan fingerprint density at radius 1 is 1.14 bits per heavy atom. The second kappa shape index (κ2) is 11.6. The summed E-state index contributed by atoms with van der Waals surface area (Å²) >= 11 is 0. The van der Waals surface area contributed by atoms with E-state index in [2.05, 4.69) is 12.1 Å². The fourth-order valence-electron chi connectivity index (χ4n) is 2.72. The Morgan fingerprint density at radius 3 is 2.38 bits per heavy atom. The van der Waals surface area contributed by atoms with Crippen LogP contribution < -0.4 is 0 Å². The maximum absolute atomic E-state index is 10.5. The van der Waals surface area contributed by atoms with Crippen molar-refractivity contribution >= 4 is 11.7 Å². The molecule has 1 N–H and O–H groups in total. The minimum absolute atomic E-state index is 0.160. The second-order valence-electron chi connectivity index (χ2n) is 6.10. The molecule has 4 heteroatoms. The molecule has 0 saturated heterocycles. The lowest BCUT2D eigenvalue weighted by Crippen LogP contribution is -2.08. The van der Waals surface area contributed by atoms with Crippen molar-refractivity contribution in [2.75, 3.05) is 0 Å². The molecule has 0 aliphatic carbocycles. The predicted molar refractivity (Wildman–Crippen MR) is 85.6 cm³/mol. The van der Waals surface area contributed by atoms with E-state index in [-0.39, 0.29) is 12.5 Å². The fraction of sp³-hybridized carbons (Fsp3) is 0.882. The van der Waals surface area contributed by atoms with Crippen LogP contribution in [0.5, 0.6) is 0 Å². The van der Waals surface area contributed by atoms with Gasteiger partial charge in [0.25, 0.3) is 0 Å². The first-order valence-electron chi connectivity index (χ1n) is 8.65. The van der Waals surface area contributed by atoms with E-state index >= 15 is 0 Å². The molecule has 0 amide bonds. The highest BCUT2D eigenvalue weighted by Gasteiger charge is 2.20. The lowest BCUT2D eigenvalue weighted by Gasteiger charge is -2.07. The molecule has 0 saturated carbocycles. The smallest absolute Gasteiger partial charge is 0.303 e. The summed E-state index contributed by atoms with van der Waals surface area (Å²) in [6, 6.07) is 0. The molecular formula is C17H31NO3. The molecule has 0 aromatic carbocycles. The van der Waals surface area contributed by atoms with E-state index in [9.17, 15) is 4.79 Å². The molecule has 1 heterocycles. The van der Waals surface area contributed by atoms with Gasteiger partial charge in [-0.3, -0.25) is 4.79 Å². The van der Waals surface area contributed by atoms with Crippen LogP contribution in [0.4, 0.5) is 0 Å². The van der Waals surface area contributed by atoms with E-state index in [4.69, 9.17) is 9.94 Å². The molecule has 0 aromatic heterocycles. The highest BCUT2D eigenvalue weighted by molar-refractivity contribution is 5.87. The van der Waals surface area contributed by atoms with E-state index in [1.165, 1.54) is 57.8 Å². The molecule has 122 valence electrons. The van der Waals surface area contributed by atoms with Gasteiger partial charge in [0.2, 0.25) is 0 Å². The Balaban J connectivity index is 1.88. The maximum atomic E-state index is 10.5. The molecule has 1 unspecified atom stereocenters. The average Bonchev–Trinajstić information content (AvgIpc) is 2.91. The van der Waals surface area contributed by atoms with Gasteiger partial charge in [0.1, 0.15) is 6.10 Å². The van der Waals surface area contributed by atoms with E-state index in [0.29, 0.717) is 6.42 Å². The van der Waals surface area contributed by atoms with Crippen molar-refractivity contribution in [1.29, 1.82) is 0 Å². The van der Waals surface area contributed by atoms with Gasteiger partial charge in [-0.1, -0.05) is 63.4 Å². The Kier molecular flexibility index (Phi) is 9.92. The summed E-state index contributed by atoms with van der Waals surface area (Å²) in [5, 5.41) is 12.6. The molecule has 4 nitrogen and oxygen atoms in total. The number of hydrogen-bond acceptors (Lipinski definition) is 3. The number of unbranched alkanes of at least 4 members (excludes halogenated alkanes) is 8. The minimum Gasteiger partial charge on any atom is -0.481 e. The van der Waals surface area contributed by atoms with Crippen LogP contribution in [-0.2, 0) is 9.63 Å². The van der Waals surface area contributed by atoms with Crippen molar-refractivity contribution in [2.24, 2.45) is 5.16 Å². The topological polar surface area (TPSA) is 58.9 Å². The number of carbonyl (C=O) groups is 1. The van der Waals surface area contributed by atoms with Crippen LogP contribution in [0.1, 0.15) is 90.4 Å². The van der Waals surface area contributed by atoms with Crippen molar-refractivity contribution in [3.05, 3.63) is 0 Å². The molecule has 0 fully saturated rings. The largest absolute Gasteiger partial charge is 0.481 e. The zero-order valence-electron chi connectivity index (χ0n) is 13.5. The number of hydrogen-bond donors (Lipinski definition) is 1. The molecule has 1 atom stereocenters. The van der Waals surface area contributed by atoms with Crippen molar-refractivity contribution in [3.63, 3.8) is 0 Å². The van der Waals surface area contributed by atoms with Gasteiger partial charge < -0.3 is 9.94 Å². The monoisotopic (exact) mass is 297 g/mol. The third-order valence-electron chi connectivity index (χ3n) is 4.05. The third-order valence-corrected chi connectivity index (χ3v) is 4.05. The molecule has 21 heavy (non-hydrogen) atoms.